The Labute approximate surface area is 173 Å². The number of aryl methyl sites for hydroxylation is 4. The van der Waals surface area contributed by atoms with Crippen LogP contribution in [0.2, 0.25) is 0 Å². The molecule has 0 atom stereocenters. The number of rotatable bonds is 2. The lowest BCUT2D eigenvalue weighted by atomic mass is 10.0. The second kappa shape index (κ2) is 6.62. The average molecular weight is 395 g/mol. The van der Waals surface area contributed by atoms with Crippen LogP contribution in [0.5, 0.6) is 0 Å². The Kier molecular flexibility index (Phi) is 4.03. The lowest BCUT2D eigenvalue weighted by Gasteiger charge is -2.08. The summed E-state index contributed by atoms with van der Waals surface area (Å²) in [6.45, 7) is 5.96. The lowest BCUT2D eigenvalue weighted by molar-refractivity contribution is 0.850. The maximum atomic E-state index is 13.0. The molecule has 0 fully saturated rings. The minimum Gasteiger partial charge on any atom is -0.296 e. The summed E-state index contributed by atoms with van der Waals surface area (Å²) < 4.78 is 3.50. The molecule has 0 spiro atoms. The first-order valence-corrected chi connectivity index (χ1v) is 9.81. The number of nitrogens with zero attached hydrogens (tertiary/aromatic N) is 5. The average Bonchev–Trinajstić information content (AvgIpc) is 3.17. The number of fused-ring (bicyclic) bond motifs is 3. The maximum Gasteiger partial charge on any atom is 0.261 e. The van der Waals surface area contributed by atoms with E-state index in [0.717, 1.165) is 50.5 Å². The van der Waals surface area contributed by atoms with Gasteiger partial charge < -0.3 is 0 Å². The Balaban J connectivity index is 1.81. The molecule has 0 aliphatic carbocycles. The van der Waals surface area contributed by atoms with Gasteiger partial charge in [-0.3, -0.25) is 19.3 Å². The molecule has 0 saturated heterocycles. The van der Waals surface area contributed by atoms with Crippen LogP contribution in [0.4, 0.5) is 0 Å². The van der Waals surface area contributed by atoms with E-state index >= 15 is 0 Å². The molecule has 0 aliphatic rings. The van der Waals surface area contributed by atoms with Crippen molar-refractivity contribution in [2.24, 2.45) is 7.05 Å². The summed E-state index contributed by atoms with van der Waals surface area (Å²) in [4.78, 5) is 21.8. The predicted molar refractivity (Wildman–Crippen MR) is 119 cm³/mol. The molecule has 4 aromatic heterocycles. The van der Waals surface area contributed by atoms with Gasteiger partial charge in [0.05, 0.1) is 16.6 Å². The highest BCUT2D eigenvalue weighted by Crippen LogP contribution is 2.26. The first-order valence-electron chi connectivity index (χ1n) is 9.81. The van der Waals surface area contributed by atoms with Crippen molar-refractivity contribution in [3.05, 3.63) is 82.2 Å². The standard InChI is InChI=1S/C24H21N5O/c1-14-7-19(13-25-12-14)17-5-6-20-22(10-17)29-23(28(4)24(20)30)11-21(27-29)18-8-15(2)26-16(3)9-18/h5-13H,1-4H3. The summed E-state index contributed by atoms with van der Waals surface area (Å²) in [5.41, 5.74) is 8.27. The van der Waals surface area contributed by atoms with Gasteiger partial charge in [-0.15, -0.1) is 0 Å². The van der Waals surface area contributed by atoms with Gasteiger partial charge in [0.25, 0.3) is 5.56 Å². The largest absolute Gasteiger partial charge is 0.296 e. The van der Waals surface area contributed by atoms with Crippen molar-refractivity contribution >= 4 is 16.6 Å². The fraction of sp³-hybridized carbons (Fsp3) is 0.167. The third-order valence-corrected chi connectivity index (χ3v) is 5.38. The van der Waals surface area contributed by atoms with E-state index in [0.29, 0.717) is 5.39 Å². The molecule has 4 heterocycles. The Hall–Kier alpha value is -3.80. The van der Waals surface area contributed by atoms with E-state index in [1.54, 1.807) is 11.6 Å². The van der Waals surface area contributed by atoms with E-state index in [9.17, 15) is 4.79 Å². The molecule has 0 aliphatic heterocycles. The third-order valence-electron chi connectivity index (χ3n) is 5.38. The molecule has 0 radical (unpaired) electrons. The fourth-order valence-electron chi connectivity index (χ4n) is 3.98. The Morgan fingerprint density at radius 2 is 1.60 bits per heavy atom. The Morgan fingerprint density at radius 3 is 2.33 bits per heavy atom. The van der Waals surface area contributed by atoms with E-state index in [1.165, 1.54) is 0 Å². The number of benzene rings is 1. The van der Waals surface area contributed by atoms with Crippen LogP contribution in [0.25, 0.3) is 38.9 Å². The van der Waals surface area contributed by atoms with E-state index in [4.69, 9.17) is 5.10 Å². The summed E-state index contributed by atoms with van der Waals surface area (Å²) in [5.74, 6) is 0. The molecular formula is C24H21N5O. The Bertz CT molecular complexity index is 1490. The summed E-state index contributed by atoms with van der Waals surface area (Å²) in [6.07, 6.45) is 3.67. The van der Waals surface area contributed by atoms with Crippen molar-refractivity contribution in [1.29, 1.82) is 0 Å². The number of aromatic nitrogens is 5. The molecule has 148 valence electrons. The molecule has 0 N–H and O–H groups in total. The minimum atomic E-state index is -0.0417. The summed E-state index contributed by atoms with van der Waals surface area (Å²) in [5, 5.41) is 5.49. The van der Waals surface area contributed by atoms with Gasteiger partial charge in [-0.25, -0.2) is 4.52 Å². The van der Waals surface area contributed by atoms with Crippen LogP contribution in [0.15, 0.2) is 59.7 Å². The fourth-order valence-corrected chi connectivity index (χ4v) is 3.98. The van der Waals surface area contributed by atoms with Crippen LogP contribution in [0, 0.1) is 20.8 Å². The molecule has 30 heavy (non-hydrogen) atoms. The van der Waals surface area contributed by atoms with Gasteiger partial charge in [-0.1, -0.05) is 6.07 Å². The van der Waals surface area contributed by atoms with Crippen molar-refractivity contribution < 1.29 is 0 Å². The van der Waals surface area contributed by atoms with E-state index < -0.39 is 0 Å². The number of hydrogen-bond donors (Lipinski definition) is 0. The van der Waals surface area contributed by atoms with Gasteiger partial charge in [0.15, 0.2) is 0 Å². The third kappa shape index (κ3) is 2.88. The second-order valence-electron chi connectivity index (χ2n) is 7.79. The van der Waals surface area contributed by atoms with Crippen molar-refractivity contribution in [1.82, 2.24) is 24.1 Å². The number of pyridine rings is 2. The van der Waals surface area contributed by atoms with Crippen LogP contribution >= 0.6 is 0 Å². The topological polar surface area (TPSA) is 65.1 Å². The molecule has 6 nitrogen and oxygen atoms in total. The van der Waals surface area contributed by atoms with Gasteiger partial charge in [-0.2, -0.15) is 5.10 Å². The normalized spacial score (nSPS) is 11.5. The molecule has 6 heteroatoms. The van der Waals surface area contributed by atoms with Crippen molar-refractivity contribution in [2.75, 3.05) is 0 Å². The van der Waals surface area contributed by atoms with Gasteiger partial charge in [0, 0.05) is 48.0 Å². The summed E-state index contributed by atoms with van der Waals surface area (Å²) >= 11 is 0. The van der Waals surface area contributed by atoms with Crippen LogP contribution < -0.4 is 5.56 Å². The molecule has 0 bridgehead atoms. The lowest BCUT2D eigenvalue weighted by Crippen LogP contribution is -2.19. The van der Waals surface area contributed by atoms with E-state index in [2.05, 4.69) is 16.0 Å². The van der Waals surface area contributed by atoms with Crippen LogP contribution in [-0.2, 0) is 7.05 Å². The zero-order chi connectivity index (χ0) is 21.0. The molecule has 5 aromatic rings. The monoisotopic (exact) mass is 395 g/mol. The van der Waals surface area contributed by atoms with Gasteiger partial charge in [0.2, 0.25) is 0 Å². The molecule has 0 unspecified atom stereocenters. The van der Waals surface area contributed by atoms with Gasteiger partial charge in [0.1, 0.15) is 5.65 Å². The summed E-state index contributed by atoms with van der Waals surface area (Å²) in [6, 6.07) is 13.9. The minimum absolute atomic E-state index is 0.0417. The van der Waals surface area contributed by atoms with Gasteiger partial charge >= 0.3 is 0 Å². The molecule has 5 rings (SSSR count). The smallest absolute Gasteiger partial charge is 0.261 e. The number of hydrogen-bond acceptors (Lipinski definition) is 4. The van der Waals surface area contributed by atoms with E-state index in [1.807, 2.05) is 74.1 Å². The van der Waals surface area contributed by atoms with Crippen molar-refractivity contribution in [3.63, 3.8) is 0 Å². The van der Waals surface area contributed by atoms with Crippen molar-refractivity contribution in [3.8, 4) is 22.4 Å². The molecule has 1 aromatic carbocycles. The Morgan fingerprint density at radius 1 is 0.833 bits per heavy atom. The van der Waals surface area contributed by atoms with Gasteiger partial charge in [-0.05, 0) is 62.2 Å². The van der Waals surface area contributed by atoms with Crippen molar-refractivity contribution in [2.45, 2.75) is 20.8 Å². The molecule has 0 saturated carbocycles. The zero-order valence-corrected chi connectivity index (χ0v) is 17.3. The first kappa shape index (κ1) is 18.2. The van der Waals surface area contributed by atoms with Crippen LogP contribution in [-0.4, -0.2) is 24.1 Å². The first-order chi connectivity index (χ1) is 14.4. The highest BCUT2D eigenvalue weighted by atomic mass is 16.1. The predicted octanol–water partition coefficient (Wildman–Crippen LogP) is 4.24. The summed E-state index contributed by atoms with van der Waals surface area (Å²) in [7, 11) is 1.78. The SMILES string of the molecule is Cc1cncc(-c2ccc3c(=O)n(C)c4cc(-c5cc(C)nc(C)c5)nn4c3c2)c1. The van der Waals surface area contributed by atoms with Crippen LogP contribution in [0.3, 0.4) is 0 Å². The highest BCUT2D eigenvalue weighted by molar-refractivity contribution is 5.86. The zero-order valence-electron chi connectivity index (χ0n) is 17.3. The highest BCUT2D eigenvalue weighted by Gasteiger charge is 2.14. The molecule has 0 amide bonds. The maximum absolute atomic E-state index is 13.0. The molecular weight excluding hydrogens is 374 g/mol. The van der Waals surface area contributed by atoms with Crippen LogP contribution in [0.1, 0.15) is 17.0 Å². The van der Waals surface area contributed by atoms with E-state index in [-0.39, 0.29) is 5.56 Å². The second-order valence-corrected chi connectivity index (χ2v) is 7.79. The quantitative estimate of drug-likeness (QED) is 0.449.